The number of carbonyl (C=O) groups excluding carboxylic acids is 1. The van der Waals surface area contributed by atoms with Crippen molar-refractivity contribution in [3.63, 3.8) is 0 Å². The highest BCUT2D eigenvalue weighted by molar-refractivity contribution is 5.74. The summed E-state index contributed by atoms with van der Waals surface area (Å²) in [6.07, 6.45) is 7.43. The van der Waals surface area contributed by atoms with Gasteiger partial charge in [-0.05, 0) is 109 Å². The molecule has 5 N–H and O–H groups in total. The van der Waals surface area contributed by atoms with Crippen LogP contribution in [0.3, 0.4) is 0 Å². The summed E-state index contributed by atoms with van der Waals surface area (Å²) in [6.45, 7) is 12.1. The monoisotopic (exact) mass is 847 g/mol. The number of benzene rings is 3. The maximum atomic E-state index is 11.0. The Morgan fingerprint density at radius 3 is 1.75 bits per heavy atom. The number of amides is 1. The van der Waals surface area contributed by atoms with Gasteiger partial charge < -0.3 is 36.0 Å². The molecule has 0 bridgehead atoms. The molecule has 13 heteroatoms. The number of nitrogens with two attached hydrogens (primary N) is 1. The minimum atomic E-state index is -5.08. The lowest BCUT2D eigenvalue weighted by atomic mass is 9.84. The second-order valence-electron chi connectivity index (χ2n) is 17.2. The number of alkyl halides is 3. The molecule has 10 nitrogen and oxygen atoms in total. The summed E-state index contributed by atoms with van der Waals surface area (Å²) in [5, 5.41) is 13.6. The van der Waals surface area contributed by atoms with Gasteiger partial charge in [-0.15, -0.1) is 0 Å². The minimum absolute atomic E-state index is 0.0593. The lowest BCUT2D eigenvalue weighted by Crippen LogP contribution is -2.40. The van der Waals surface area contributed by atoms with Gasteiger partial charge in [0.1, 0.15) is 6.61 Å². The number of ether oxygens (including phenoxy) is 1. The van der Waals surface area contributed by atoms with E-state index in [1.807, 2.05) is 6.92 Å². The average molecular weight is 847 g/mol. The van der Waals surface area contributed by atoms with Crippen molar-refractivity contribution in [2.45, 2.75) is 95.6 Å². The summed E-state index contributed by atoms with van der Waals surface area (Å²) in [4.78, 5) is 28.8. The number of carbonyl (C=O) groups is 2. The molecule has 3 aromatic rings. The molecular weight excluding hydrogens is 782 g/mol. The number of para-hydroxylation sites is 3. The molecule has 0 radical (unpaired) electrons. The number of anilines is 3. The van der Waals surface area contributed by atoms with Crippen LogP contribution >= 0.6 is 0 Å². The van der Waals surface area contributed by atoms with Crippen molar-refractivity contribution in [2.75, 3.05) is 74.1 Å². The van der Waals surface area contributed by atoms with E-state index in [0.717, 1.165) is 87.3 Å². The Labute approximate surface area is 359 Å². The molecule has 4 heterocycles. The van der Waals surface area contributed by atoms with Gasteiger partial charge >= 0.3 is 12.1 Å². The molecule has 0 aromatic heterocycles. The predicted molar refractivity (Wildman–Crippen MR) is 238 cm³/mol. The van der Waals surface area contributed by atoms with E-state index in [1.165, 1.54) is 93.5 Å². The van der Waals surface area contributed by atoms with Gasteiger partial charge in [0.25, 0.3) is 0 Å². The average Bonchev–Trinajstić information content (AvgIpc) is 4.10. The highest BCUT2D eigenvalue weighted by Gasteiger charge is 2.39. The first-order chi connectivity index (χ1) is 29.4. The normalized spacial score (nSPS) is 24.7. The second-order valence-corrected chi connectivity index (χ2v) is 17.2. The lowest BCUT2D eigenvalue weighted by Gasteiger charge is -2.38. The Bertz CT molecular complexity index is 1930. The lowest BCUT2D eigenvalue weighted by molar-refractivity contribution is -0.192. The largest absolute Gasteiger partial charge is 0.490 e. The van der Waals surface area contributed by atoms with E-state index in [0.29, 0.717) is 0 Å². The van der Waals surface area contributed by atoms with Crippen molar-refractivity contribution in [3.8, 4) is 0 Å². The van der Waals surface area contributed by atoms with Crippen LogP contribution in [0.2, 0.25) is 0 Å². The number of hydrogen-bond acceptors (Lipinski definition) is 8. The van der Waals surface area contributed by atoms with Gasteiger partial charge in [-0.3, -0.25) is 9.79 Å². The van der Waals surface area contributed by atoms with E-state index in [9.17, 15) is 18.0 Å². The van der Waals surface area contributed by atoms with Gasteiger partial charge in [0.15, 0.2) is 5.90 Å². The Balaban J connectivity index is 0.000000135. The number of aliphatic carboxylic acids is 1. The maximum absolute atomic E-state index is 11.0. The third-order valence-electron chi connectivity index (χ3n) is 13.3. The van der Waals surface area contributed by atoms with E-state index in [1.54, 1.807) is 18.1 Å². The molecule has 0 saturated heterocycles. The molecule has 3 saturated carbocycles. The Morgan fingerprint density at radius 2 is 1.28 bits per heavy atom. The summed E-state index contributed by atoms with van der Waals surface area (Å²) in [5.41, 5.74) is 14.6. The summed E-state index contributed by atoms with van der Waals surface area (Å²) >= 11 is 0. The number of hydrogen-bond donors (Lipinski definition) is 4. The Hall–Kier alpha value is -4.78. The molecule has 3 aliphatic carbocycles. The zero-order valence-corrected chi connectivity index (χ0v) is 35.8. The molecule has 0 spiro atoms. The first kappa shape index (κ1) is 45.7. The zero-order valence-electron chi connectivity index (χ0n) is 35.8. The zero-order chi connectivity index (χ0) is 43.4. The number of fused-ring (bicyclic) bond motifs is 9. The van der Waals surface area contributed by atoms with Crippen LogP contribution in [-0.2, 0) is 14.3 Å². The van der Waals surface area contributed by atoms with Crippen molar-refractivity contribution in [3.05, 3.63) is 89.5 Å². The minimum Gasteiger partial charge on any atom is -0.479 e. The molecule has 7 aliphatic rings. The number of nitrogens with zero attached hydrogens (tertiary/aromatic N) is 3. The van der Waals surface area contributed by atoms with Crippen LogP contribution in [0.1, 0.15) is 106 Å². The summed E-state index contributed by atoms with van der Waals surface area (Å²) < 4.78 is 36.6. The number of rotatable bonds is 5. The SMILES string of the molecule is CC(=O)NCCN1C[C@@H]2CCC[C@@H]2c2ccccc21.CC1=NCCO1.NCCN1C[C@@H]2CCC[C@@H]2c2ccccc21.O=C(O)C(F)(F)F.c1ccc2c(c1)NC[C@@H]1CCC[C@H]21. The van der Waals surface area contributed by atoms with Crippen molar-refractivity contribution in [1.29, 1.82) is 0 Å². The van der Waals surface area contributed by atoms with E-state index in [4.69, 9.17) is 20.4 Å². The number of halogens is 3. The molecule has 3 fully saturated rings. The van der Waals surface area contributed by atoms with Crippen LogP contribution in [0.25, 0.3) is 0 Å². The fraction of sp³-hybridized carbons (Fsp3) is 0.562. The molecule has 61 heavy (non-hydrogen) atoms. The fourth-order valence-corrected chi connectivity index (χ4v) is 10.6. The predicted octanol–water partition coefficient (Wildman–Crippen LogP) is 8.94. The van der Waals surface area contributed by atoms with Crippen molar-refractivity contribution in [2.24, 2.45) is 28.5 Å². The van der Waals surface area contributed by atoms with Gasteiger partial charge in [-0.25, -0.2) is 4.79 Å². The Kier molecular flexibility index (Phi) is 16.4. The molecule has 0 unspecified atom stereocenters. The molecule has 332 valence electrons. The first-order valence-electron chi connectivity index (χ1n) is 22.3. The molecule has 1 amide bonds. The highest BCUT2D eigenvalue weighted by atomic mass is 19.4. The van der Waals surface area contributed by atoms with E-state index in [-0.39, 0.29) is 5.91 Å². The molecule has 4 aliphatic heterocycles. The number of aliphatic imine (C=N–C) groups is 1. The van der Waals surface area contributed by atoms with Gasteiger partial charge in [0, 0.05) is 76.7 Å². The smallest absolute Gasteiger partial charge is 0.479 e. The highest BCUT2D eigenvalue weighted by Crippen LogP contribution is 2.49. The van der Waals surface area contributed by atoms with Gasteiger partial charge in [0.05, 0.1) is 6.54 Å². The third-order valence-corrected chi connectivity index (χ3v) is 13.3. The fourth-order valence-electron chi connectivity index (χ4n) is 10.6. The van der Waals surface area contributed by atoms with Crippen molar-refractivity contribution >= 4 is 34.8 Å². The van der Waals surface area contributed by atoms with Crippen LogP contribution in [-0.4, -0.2) is 88.0 Å². The summed E-state index contributed by atoms with van der Waals surface area (Å²) in [5.74, 6) is 3.19. The molecule has 3 aromatic carbocycles. The Morgan fingerprint density at radius 1 is 0.787 bits per heavy atom. The van der Waals surface area contributed by atoms with Crippen LogP contribution in [0, 0.1) is 17.8 Å². The van der Waals surface area contributed by atoms with Crippen LogP contribution in [0.5, 0.6) is 0 Å². The molecular formula is C48H65F3N6O4. The van der Waals surface area contributed by atoms with Crippen LogP contribution < -0.4 is 26.2 Å². The quantitative estimate of drug-likeness (QED) is 0.200. The number of carboxylic acids is 1. The maximum Gasteiger partial charge on any atom is 0.490 e. The summed E-state index contributed by atoms with van der Waals surface area (Å²) in [7, 11) is 0. The third kappa shape index (κ3) is 12.2. The van der Waals surface area contributed by atoms with Crippen LogP contribution in [0.4, 0.5) is 30.2 Å². The topological polar surface area (TPSA) is 133 Å². The van der Waals surface area contributed by atoms with Gasteiger partial charge in [-0.2, -0.15) is 13.2 Å². The van der Waals surface area contributed by atoms with E-state index in [2.05, 4.69) is 98.2 Å². The number of carboxylic acid groups (broad SMARTS) is 1. The molecule has 6 atom stereocenters. The van der Waals surface area contributed by atoms with Crippen molar-refractivity contribution < 1.29 is 32.6 Å². The summed E-state index contributed by atoms with van der Waals surface area (Å²) in [6, 6.07) is 26.5. The van der Waals surface area contributed by atoms with E-state index >= 15 is 0 Å². The van der Waals surface area contributed by atoms with Gasteiger partial charge in [0.2, 0.25) is 5.91 Å². The first-order valence-corrected chi connectivity index (χ1v) is 22.3. The van der Waals surface area contributed by atoms with E-state index < -0.39 is 12.1 Å². The second kappa shape index (κ2) is 21.8. The van der Waals surface area contributed by atoms with Crippen LogP contribution in [0.15, 0.2) is 77.8 Å². The standard InChI is InChI=1S/C16H22N2O.C14H20N2.C12H15N.C4H7NO.C2HF3O2/c1-12(19)17-9-10-18-11-13-5-4-7-14(13)15-6-2-3-8-16(15)18;15-8-9-16-10-11-4-3-6-12(11)13-5-1-2-7-14(13)16;1-2-7-12-11(5-1)10-6-3-4-9(10)8-13-12;1-4-5-2-3-6-4;3-2(4,5)1(6)7/h2-3,6,8,13-14H,4-5,7,9-11H2,1H3,(H,17,19);1-2,5,7,11-12H,3-4,6,8-10,15H2;1-2,5,7,9-10,13H,3-4,6,8H2;2-3H2,1H3;(H,6,7)/t13-,14-;11-,12-;9-,10-;;/m000../s1. The van der Waals surface area contributed by atoms with Crippen molar-refractivity contribution in [1.82, 2.24) is 5.32 Å². The number of nitrogens with one attached hydrogen (secondary N) is 2. The molecule has 10 rings (SSSR count). The van der Waals surface area contributed by atoms with Gasteiger partial charge in [-0.1, -0.05) is 73.9 Å².